The summed E-state index contributed by atoms with van der Waals surface area (Å²) in [6.07, 6.45) is 4.88. The van der Waals surface area contributed by atoms with E-state index in [2.05, 4.69) is 58.6 Å². The van der Waals surface area contributed by atoms with E-state index in [0.29, 0.717) is 0 Å². The average molecular weight is 228 g/mol. The number of hydrazine groups is 1. The van der Waals surface area contributed by atoms with Crippen molar-refractivity contribution in [1.82, 2.24) is 15.0 Å². The van der Waals surface area contributed by atoms with Gasteiger partial charge >= 0.3 is 0 Å². The van der Waals surface area contributed by atoms with Gasteiger partial charge in [0, 0.05) is 18.1 Å². The predicted molar refractivity (Wildman–Crippen MR) is 68.0 cm³/mol. The third-order valence-electron chi connectivity index (χ3n) is 3.52. The Balaban J connectivity index is 2.25. The quantitative estimate of drug-likeness (QED) is 0.787. The summed E-state index contributed by atoms with van der Waals surface area (Å²) in [5.41, 5.74) is 8.83. The second kappa shape index (κ2) is 3.60. The molecule has 0 saturated heterocycles. The summed E-state index contributed by atoms with van der Waals surface area (Å²) >= 11 is 0. The zero-order valence-electron chi connectivity index (χ0n) is 10.1. The molecule has 0 bridgehead atoms. The molecular weight excluding hydrogens is 212 g/mol. The van der Waals surface area contributed by atoms with E-state index in [9.17, 15) is 0 Å². The monoisotopic (exact) mass is 228 g/mol. The fourth-order valence-corrected chi connectivity index (χ4v) is 2.26. The van der Waals surface area contributed by atoms with Gasteiger partial charge in [0.05, 0.1) is 11.2 Å². The summed E-state index contributed by atoms with van der Waals surface area (Å²) < 4.78 is 2.19. The van der Waals surface area contributed by atoms with Crippen LogP contribution in [0.1, 0.15) is 26.0 Å². The number of hydrogen-bond acceptors (Lipinski definition) is 3. The molecule has 0 amide bonds. The summed E-state index contributed by atoms with van der Waals surface area (Å²) in [7, 11) is 0. The molecule has 1 aliphatic heterocycles. The number of aromatic nitrogens is 2. The Kier molecular flexibility index (Phi) is 2.19. The second-order valence-corrected chi connectivity index (χ2v) is 4.57. The van der Waals surface area contributed by atoms with Crippen molar-refractivity contribution in [3.63, 3.8) is 0 Å². The molecule has 88 valence electrons. The summed E-state index contributed by atoms with van der Waals surface area (Å²) in [6.45, 7) is 4.37. The first-order chi connectivity index (χ1) is 8.24. The van der Waals surface area contributed by atoms with Crippen molar-refractivity contribution in [2.75, 3.05) is 5.43 Å². The van der Waals surface area contributed by atoms with Crippen molar-refractivity contribution in [2.45, 2.75) is 25.8 Å². The molecule has 17 heavy (non-hydrogen) atoms. The highest BCUT2D eigenvalue weighted by molar-refractivity contribution is 5.57. The van der Waals surface area contributed by atoms with Crippen molar-refractivity contribution in [3.05, 3.63) is 42.4 Å². The number of rotatable bonds is 1. The highest BCUT2D eigenvalue weighted by Crippen LogP contribution is 2.32. The Morgan fingerprint density at radius 3 is 3.06 bits per heavy atom. The topological polar surface area (TPSA) is 41.9 Å². The second-order valence-electron chi connectivity index (χ2n) is 4.57. The maximum Gasteiger partial charge on any atom is 0.164 e. The van der Waals surface area contributed by atoms with Crippen molar-refractivity contribution in [2.24, 2.45) is 0 Å². The molecule has 1 atom stereocenters. The molecule has 3 heterocycles. The van der Waals surface area contributed by atoms with Crippen LogP contribution in [0.25, 0.3) is 5.69 Å². The highest BCUT2D eigenvalue weighted by Gasteiger charge is 2.30. The minimum Gasteiger partial charge on any atom is -0.316 e. The van der Waals surface area contributed by atoms with Crippen LogP contribution in [0.15, 0.2) is 36.7 Å². The first-order valence-electron chi connectivity index (χ1n) is 5.91. The number of pyridine rings is 1. The molecular formula is C13H16N4. The van der Waals surface area contributed by atoms with E-state index in [1.165, 1.54) is 5.69 Å². The van der Waals surface area contributed by atoms with Gasteiger partial charge in [-0.05, 0) is 37.6 Å². The van der Waals surface area contributed by atoms with Gasteiger partial charge < -0.3 is 9.99 Å². The van der Waals surface area contributed by atoms with Crippen molar-refractivity contribution in [1.29, 1.82) is 0 Å². The standard InChI is InChI=1S/C13H16N4/c1-3-13(2)11-7-5-9-17(11)10-6-4-8-14-12(10)15-16-13/h4-9,16H,3H2,1-2H3,(H,14,15)/t13-/m1/s1. The zero-order chi connectivity index (χ0) is 11.9. The van der Waals surface area contributed by atoms with Gasteiger partial charge in [0.15, 0.2) is 5.82 Å². The van der Waals surface area contributed by atoms with Crippen LogP contribution < -0.4 is 10.9 Å². The van der Waals surface area contributed by atoms with Gasteiger partial charge in [-0.2, -0.15) is 0 Å². The minimum absolute atomic E-state index is 0.0931. The Hall–Kier alpha value is -1.81. The van der Waals surface area contributed by atoms with Gasteiger partial charge in [-0.25, -0.2) is 10.4 Å². The van der Waals surface area contributed by atoms with E-state index in [4.69, 9.17) is 0 Å². The molecule has 0 radical (unpaired) electrons. The van der Waals surface area contributed by atoms with Crippen LogP contribution in [0.4, 0.5) is 5.82 Å². The van der Waals surface area contributed by atoms with Crippen molar-refractivity contribution < 1.29 is 0 Å². The number of anilines is 1. The smallest absolute Gasteiger partial charge is 0.164 e. The fourth-order valence-electron chi connectivity index (χ4n) is 2.26. The molecule has 0 unspecified atom stereocenters. The van der Waals surface area contributed by atoms with Crippen LogP contribution in [0.5, 0.6) is 0 Å². The van der Waals surface area contributed by atoms with Crippen LogP contribution in [0, 0.1) is 0 Å². The van der Waals surface area contributed by atoms with Crippen LogP contribution in [-0.4, -0.2) is 9.55 Å². The Morgan fingerprint density at radius 1 is 1.35 bits per heavy atom. The first-order valence-corrected chi connectivity index (χ1v) is 5.91. The van der Waals surface area contributed by atoms with Gasteiger partial charge in [0.2, 0.25) is 0 Å². The summed E-state index contributed by atoms with van der Waals surface area (Å²) in [5, 5.41) is 0. The van der Waals surface area contributed by atoms with Crippen LogP contribution in [0.2, 0.25) is 0 Å². The minimum atomic E-state index is -0.0931. The molecule has 2 aromatic rings. The molecule has 0 saturated carbocycles. The molecule has 2 N–H and O–H groups in total. The molecule has 1 aliphatic rings. The lowest BCUT2D eigenvalue weighted by atomic mass is 9.95. The van der Waals surface area contributed by atoms with E-state index in [1.54, 1.807) is 6.20 Å². The van der Waals surface area contributed by atoms with E-state index >= 15 is 0 Å². The maximum atomic E-state index is 4.36. The van der Waals surface area contributed by atoms with Crippen molar-refractivity contribution >= 4 is 5.82 Å². The number of nitrogens with one attached hydrogen (secondary N) is 2. The molecule has 4 heteroatoms. The van der Waals surface area contributed by atoms with Crippen LogP contribution in [-0.2, 0) is 5.54 Å². The van der Waals surface area contributed by atoms with E-state index in [0.717, 1.165) is 17.9 Å². The number of nitrogens with zero attached hydrogens (tertiary/aromatic N) is 2. The SMILES string of the molecule is CC[C@@]1(C)NNc2ncccc2-n2cccc21. The maximum absolute atomic E-state index is 4.36. The largest absolute Gasteiger partial charge is 0.316 e. The lowest BCUT2D eigenvalue weighted by Crippen LogP contribution is -2.42. The summed E-state index contributed by atoms with van der Waals surface area (Å²) in [4.78, 5) is 4.36. The Bertz CT molecular complexity index is 546. The molecule has 0 aromatic carbocycles. The zero-order valence-corrected chi connectivity index (χ0v) is 10.1. The molecule has 0 spiro atoms. The molecule has 2 aromatic heterocycles. The average Bonchev–Trinajstić information content (AvgIpc) is 2.82. The number of fused-ring (bicyclic) bond motifs is 3. The molecule has 3 rings (SSSR count). The van der Waals surface area contributed by atoms with Crippen LogP contribution >= 0.6 is 0 Å². The van der Waals surface area contributed by atoms with E-state index in [-0.39, 0.29) is 5.54 Å². The van der Waals surface area contributed by atoms with Gasteiger partial charge in [-0.1, -0.05) is 6.92 Å². The normalized spacial score (nSPS) is 22.2. The van der Waals surface area contributed by atoms with Gasteiger partial charge in [-0.3, -0.25) is 0 Å². The third kappa shape index (κ3) is 1.45. The third-order valence-corrected chi connectivity index (χ3v) is 3.52. The van der Waals surface area contributed by atoms with Crippen LogP contribution in [0.3, 0.4) is 0 Å². The molecule has 4 nitrogen and oxygen atoms in total. The van der Waals surface area contributed by atoms with E-state index < -0.39 is 0 Å². The molecule has 0 fully saturated rings. The predicted octanol–water partition coefficient (Wildman–Crippen LogP) is 2.43. The fraction of sp³-hybridized carbons (Fsp3) is 0.308. The molecule has 0 aliphatic carbocycles. The Morgan fingerprint density at radius 2 is 2.24 bits per heavy atom. The van der Waals surface area contributed by atoms with Gasteiger partial charge in [0.1, 0.15) is 0 Å². The highest BCUT2D eigenvalue weighted by atomic mass is 15.4. The van der Waals surface area contributed by atoms with Gasteiger partial charge in [0.25, 0.3) is 0 Å². The number of hydrogen-bond donors (Lipinski definition) is 2. The Labute approximate surface area is 101 Å². The lowest BCUT2D eigenvalue weighted by Gasteiger charge is -2.28. The van der Waals surface area contributed by atoms with Gasteiger partial charge in [-0.15, -0.1) is 0 Å². The summed E-state index contributed by atoms with van der Waals surface area (Å²) in [6, 6.07) is 8.26. The van der Waals surface area contributed by atoms with E-state index in [1.807, 2.05) is 6.07 Å². The van der Waals surface area contributed by atoms with Crippen molar-refractivity contribution in [3.8, 4) is 5.69 Å². The lowest BCUT2D eigenvalue weighted by molar-refractivity contribution is 0.372. The first kappa shape index (κ1) is 10.4. The summed E-state index contributed by atoms with van der Waals surface area (Å²) in [5.74, 6) is 0.863.